The molecule has 1 aliphatic rings. The predicted molar refractivity (Wildman–Crippen MR) is 87.4 cm³/mol. The molecule has 1 aromatic rings. The first-order valence-corrected chi connectivity index (χ1v) is 7.68. The van der Waals surface area contributed by atoms with Crippen molar-refractivity contribution in [1.29, 1.82) is 0 Å². The van der Waals surface area contributed by atoms with Crippen molar-refractivity contribution in [3.8, 4) is 5.75 Å². The highest BCUT2D eigenvalue weighted by atomic mass is 16.6. The topological polar surface area (TPSA) is 105 Å². The molecule has 0 bridgehead atoms. The van der Waals surface area contributed by atoms with Crippen molar-refractivity contribution in [2.75, 3.05) is 12.4 Å². The van der Waals surface area contributed by atoms with E-state index in [1.165, 1.54) is 7.11 Å². The van der Waals surface area contributed by atoms with E-state index in [0.717, 1.165) is 0 Å². The van der Waals surface area contributed by atoms with Crippen molar-refractivity contribution < 1.29 is 29.3 Å². The average molecular weight is 337 g/mol. The second-order valence-electron chi connectivity index (χ2n) is 6.94. The molecule has 1 fully saturated rings. The minimum atomic E-state index is -1.55. The number of aliphatic hydroxyl groups is 1. The third-order valence-electron chi connectivity index (χ3n) is 3.94. The monoisotopic (exact) mass is 337 g/mol. The summed E-state index contributed by atoms with van der Waals surface area (Å²) in [5.41, 5.74) is -0.648. The molecule has 24 heavy (non-hydrogen) atoms. The summed E-state index contributed by atoms with van der Waals surface area (Å²) < 4.78 is 10.4. The van der Waals surface area contributed by atoms with E-state index in [-0.39, 0.29) is 0 Å². The van der Waals surface area contributed by atoms with Gasteiger partial charge >= 0.3 is 12.1 Å². The van der Waals surface area contributed by atoms with E-state index in [0.29, 0.717) is 29.8 Å². The molecule has 7 heteroatoms. The van der Waals surface area contributed by atoms with Crippen LogP contribution in [0.15, 0.2) is 18.2 Å². The number of carbonyl (C=O) groups is 2. The highest BCUT2D eigenvalue weighted by Crippen LogP contribution is 2.54. The van der Waals surface area contributed by atoms with Crippen molar-refractivity contribution in [2.45, 2.75) is 50.7 Å². The number of aliphatic carboxylic acids is 1. The molecule has 1 atom stereocenters. The van der Waals surface area contributed by atoms with Gasteiger partial charge in [-0.3, -0.25) is 5.32 Å². The van der Waals surface area contributed by atoms with E-state index in [9.17, 15) is 19.8 Å². The van der Waals surface area contributed by atoms with Crippen LogP contribution in [0.25, 0.3) is 0 Å². The summed E-state index contributed by atoms with van der Waals surface area (Å²) in [6.07, 6.45) is -1.17. The molecule has 0 heterocycles. The van der Waals surface area contributed by atoms with Crippen LogP contribution in [0.2, 0.25) is 0 Å². The van der Waals surface area contributed by atoms with Gasteiger partial charge in [-0.15, -0.1) is 0 Å². The SMILES string of the molecule is COc1ccc(NC(=O)OC(C)(C)C)c(C2(C(O)C(=O)O)CC2)c1. The second-order valence-corrected chi connectivity index (χ2v) is 6.94. The number of amides is 1. The quantitative estimate of drug-likeness (QED) is 0.762. The Labute approximate surface area is 140 Å². The van der Waals surface area contributed by atoms with Crippen LogP contribution in [0.1, 0.15) is 39.2 Å². The molecule has 0 spiro atoms. The molecular weight excluding hydrogens is 314 g/mol. The van der Waals surface area contributed by atoms with Gasteiger partial charge in [0.1, 0.15) is 11.4 Å². The van der Waals surface area contributed by atoms with Gasteiger partial charge in [-0.25, -0.2) is 9.59 Å². The van der Waals surface area contributed by atoms with Crippen molar-refractivity contribution >= 4 is 17.7 Å². The fraction of sp³-hybridized carbons (Fsp3) is 0.529. The van der Waals surface area contributed by atoms with E-state index in [4.69, 9.17) is 9.47 Å². The van der Waals surface area contributed by atoms with E-state index >= 15 is 0 Å². The lowest BCUT2D eigenvalue weighted by molar-refractivity contribution is -0.148. The predicted octanol–water partition coefficient (Wildman–Crippen LogP) is 2.52. The summed E-state index contributed by atoms with van der Waals surface area (Å²) in [6, 6.07) is 4.91. The van der Waals surface area contributed by atoms with Crippen LogP contribution in [0.3, 0.4) is 0 Å². The Hall–Kier alpha value is -2.28. The first-order chi connectivity index (χ1) is 11.1. The van der Waals surface area contributed by atoms with Crippen molar-refractivity contribution in [2.24, 2.45) is 0 Å². The third kappa shape index (κ3) is 3.79. The third-order valence-corrected chi connectivity index (χ3v) is 3.94. The number of hydrogen-bond donors (Lipinski definition) is 3. The Morgan fingerprint density at radius 1 is 1.29 bits per heavy atom. The lowest BCUT2D eigenvalue weighted by Gasteiger charge is -2.24. The largest absolute Gasteiger partial charge is 0.497 e. The first-order valence-electron chi connectivity index (χ1n) is 7.68. The molecule has 0 radical (unpaired) electrons. The minimum Gasteiger partial charge on any atom is -0.497 e. The summed E-state index contributed by atoms with van der Waals surface area (Å²) in [7, 11) is 1.49. The number of benzene rings is 1. The number of carbonyl (C=O) groups excluding carboxylic acids is 1. The molecule has 1 unspecified atom stereocenters. The lowest BCUT2D eigenvalue weighted by Crippen LogP contribution is -2.35. The highest BCUT2D eigenvalue weighted by Gasteiger charge is 2.54. The van der Waals surface area contributed by atoms with Crippen molar-refractivity contribution in [1.82, 2.24) is 0 Å². The van der Waals surface area contributed by atoms with Crippen LogP contribution in [0.4, 0.5) is 10.5 Å². The van der Waals surface area contributed by atoms with Crippen LogP contribution in [-0.4, -0.2) is 41.1 Å². The van der Waals surface area contributed by atoms with Gasteiger partial charge in [0.15, 0.2) is 6.10 Å². The number of hydrogen-bond acceptors (Lipinski definition) is 5. The summed E-state index contributed by atoms with van der Waals surface area (Å²) in [5.74, 6) is -0.776. The molecule has 0 aliphatic heterocycles. The van der Waals surface area contributed by atoms with E-state index in [1.807, 2.05) is 0 Å². The number of anilines is 1. The zero-order valence-electron chi connectivity index (χ0n) is 14.3. The summed E-state index contributed by atoms with van der Waals surface area (Å²) in [6.45, 7) is 5.24. The Balaban J connectivity index is 2.36. The number of carboxylic acid groups (broad SMARTS) is 1. The van der Waals surface area contributed by atoms with Crippen LogP contribution >= 0.6 is 0 Å². The van der Waals surface area contributed by atoms with Crippen LogP contribution < -0.4 is 10.1 Å². The molecule has 3 N–H and O–H groups in total. The summed E-state index contributed by atoms with van der Waals surface area (Å²) in [4.78, 5) is 23.3. The molecule has 132 valence electrons. The zero-order chi connectivity index (χ0) is 18.1. The number of aliphatic hydroxyl groups excluding tert-OH is 1. The molecule has 0 aromatic heterocycles. The Morgan fingerprint density at radius 3 is 2.38 bits per heavy atom. The smallest absolute Gasteiger partial charge is 0.412 e. The van der Waals surface area contributed by atoms with Gasteiger partial charge in [0.05, 0.1) is 7.11 Å². The highest BCUT2D eigenvalue weighted by molar-refractivity contribution is 5.87. The molecule has 1 amide bonds. The zero-order valence-corrected chi connectivity index (χ0v) is 14.3. The maximum Gasteiger partial charge on any atom is 0.412 e. The number of methoxy groups -OCH3 is 1. The van der Waals surface area contributed by atoms with Crippen LogP contribution in [-0.2, 0) is 14.9 Å². The molecule has 1 saturated carbocycles. The van der Waals surface area contributed by atoms with Gasteiger partial charge in [-0.05, 0) is 57.4 Å². The maximum atomic E-state index is 12.0. The van der Waals surface area contributed by atoms with Gasteiger partial charge in [-0.1, -0.05) is 0 Å². The number of carboxylic acids is 1. The number of rotatable bonds is 5. The second kappa shape index (κ2) is 6.32. The number of nitrogens with one attached hydrogen (secondary N) is 1. The van der Waals surface area contributed by atoms with Crippen molar-refractivity contribution in [3.63, 3.8) is 0 Å². The lowest BCUT2D eigenvalue weighted by atomic mass is 9.88. The van der Waals surface area contributed by atoms with Gasteiger partial charge in [-0.2, -0.15) is 0 Å². The van der Waals surface area contributed by atoms with Crippen LogP contribution in [0.5, 0.6) is 5.75 Å². The standard InChI is InChI=1S/C17H23NO6/c1-16(2,3)24-15(22)18-12-6-5-10(23-4)9-11(12)17(7-8-17)13(19)14(20)21/h5-6,9,13,19H,7-8H2,1-4H3,(H,18,22)(H,20,21). The van der Waals surface area contributed by atoms with E-state index in [1.54, 1.807) is 39.0 Å². The average Bonchev–Trinajstić information content (AvgIpc) is 3.26. The molecule has 1 aliphatic carbocycles. The van der Waals surface area contributed by atoms with E-state index < -0.39 is 29.2 Å². The van der Waals surface area contributed by atoms with Crippen LogP contribution in [0, 0.1) is 0 Å². The fourth-order valence-corrected chi connectivity index (χ4v) is 2.65. The molecule has 1 aromatic carbocycles. The Morgan fingerprint density at radius 2 is 1.92 bits per heavy atom. The van der Waals surface area contributed by atoms with Gasteiger partial charge < -0.3 is 19.7 Å². The molecule has 0 saturated heterocycles. The Kier molecular flexibility index (Phi) is 4.75. The van der Waals surface area contributed by atoms with Gasteiger partial charge in [0, 0.05) is 11.1 Å². The Bertz CT molecular complexity index is 645. The van der Waals surface area contributed by atoms with Gasteiger partial charge in [0.25, 0.3) is 0 Å². The molecular formula is C17H23NO6. The minimum absolute atomic E-state index is 0.405. The summed E-state index contributed by atoms with van der Waals surface area (Å²) >= 11 is 0. The number of ether oxygens (including phenoxy) is 2. The van der Waals surface area contributed by atoms with Gasteiger partial charge in [0.2, 0.25) is 0 Å². The van der Waals surface area contributed by atoms with Crippen molar-refractivity contribution in [3.05, 3.63) is 23.8 Å². The molecule has 2 rings (SSSR count). The first kappa shape index (κ1) is 18.1. The molecule has 7 nitrogen and oxygen atoms in total. The normalized spacial score (nSPS) is 16.9. The fourth-order valence-electron chi connectivity index (χ4n) is 2.65. The maximum absolute atomic E-state index is 12.0. The summed E-state index contributed by atoms with van der Waals surface area (Å²) in [5, 5.41) is 21.9. The van der Waals surface area contributed by atoms with E-state index in [2.05, 4.69) is 5.32 Å².